The predicted octanol–water partition coefficient (Wildman–Crippen LogP) is 3.54. The molecule has 178 valence electrons. The monoisotopic (exact) mass is 472 g/mol. The van der Waals surface area contributed by atoms with E-state index in [1.54, 1.807) is 17.1 Å². The van der Waals surface area contributed by atoms with Crippen molar-refractivity contribution in [3.05, 3.63) is 53.1 Å². The van der Waals surface area contributed by atoms with E-state index < -0.39 is 6.17 Å². The van der Waals surface area contributed by atoms with Crippen LogP contribution in [-0.4, -0.2) is 37.2 Å². The van der Waals surface area contributed by atoms with Gasteiger partial charge in [-0.1, -0.05) is 0 Å². The van der Waals surface area contributed by atoms with E-state index in [0.717, 1.165) is 46.1 Å². The molecule has 0 radical (unpaired) electrons. The van der Waals surface area contributed by atoms with Gasteiger partial charge in [0.1, 0.15) is 24.4 Å². The lowest BCUT2D eigenvalue weighted by Gasteiger charge is -2.22. The van der Waals surface area contributed by atoms with Crippen molar-refractivity contribution < 1.29 is 9.18 Å². The third kappa shape index (κ3) is 3.84. The minimum Gasteiger partial charge on any atom is -0.383 e. The molecule has 1 aliphatic heterocycles. The molecule has 9 nitrogen and oxygen atoms in total. The number of carbonyl (C=O) groups excluding carboxylic acids is 1. The van der Waals surface area contributed by atoms with Crippen LogP contribution in [0.3, 0.4) is 0 Å². The second-order valence-electron chi connectivity index (χ2n) is 9.10. The number of hydrogen-bond acceptors (Lipinski definition) is 7. The fourth-order valence-corrected chi connectivity index (χ4v) is 5.02. The Balaban J connectivity index is 1.36. The van der Waals surface area contributed by atoms with Gasteiger partial charge in [-0.25, -0.2) is 14.4 Å². The fourth-order valence-electron chi connectivity index (χ4n) is 5.02. The Kier molecular flexibility index (Phi) is 5.09. The maximum atomic E-state index is 14.7. The number of nitrogens with zero attached hydrogens (tertiary/aromatic N) is 5. The van der Waals surface area contributed by atoms with Gasteiger partial charge in [-0.05, 0) is 49.3 Å². The Morgan fingerprint density at radius 1 is 1.17 bits per heavy atom. The lowest BCUT2D eigenvalue weighted by molar-refractivity contribution is -0.121. The number of amides is 1. The van der Waals surface area contributed by atoms with E-state index in [1.807, 2.05) is 25.1 Å². The number of fused-ring (bicyclic) bond motifs is 3. The highest BCUT2D eigenvalue weighted by Crippen LogP contribution is 2.38. The first-order valence-electron chi connectivity index (χ1n) is 11.8. The minimum absolute atomic E-state index is 0.0521. The lowest BCUT2D eigenvalue weighted by Crippen LogP contribution is -2.25. The molecule has 0 bridgehead atoms. The summed E-state index contributed by atoms with van der Waals surface area (Å²) in [5.74, 6) is 1.51. The molecule has 4 aromatic rings. The first-order chi connectivity index (χ1) is 17.0. The van der Waals surface area contributed by atoms with E-state index in [1.165, 1.54) is 0 Å². The van der Waals surface area contributed by atoms with Crippen LogP contribution < -0.4 is 16.4 Å². The second kappa shape index (κ2) is 8.30. The number of alkyl halides is 1. The summed E-state index contributed by atoms with van der Waals surface area (Å²) in [6, 6.07) is 5.74. The molecule has 6 rings (SSSR count). The van der Waals surface area contributed by atoms with Crippen LogP contribution in [0, 0.1) is 6.92 Å². The molecule has 1 aliphatic carbocycles. The molecule has 0 saturated heterocycles. The summed E-state index contributed by atoms with van der Waals surface area (Å²) in [5, 5.41) is 12.1. The summed E-state index contributed by atoms with van der Waals surface area (Å²) in [7, 11) is 0. The number of nitrogen functional groups attached to an aromatic ring is 1. The summed E-state index contributed by atoms with van der Waals surface area (Å²) in [4.78, 5) is 25.4. The standard InChI is InChI=1S/C25H25FN8O/c1-13-16(10-29-19-4-2-3-18(26)24(13)19)20-7-14-8-21(30-11-17(14)25(27)31-20)32-22-9-15-5-6-28-23(35)12-34(15)33-22/h7-11,18H,2-6,12H2,1H3,(H2,27,31)(H,28,35)(H,30,32,33)/t18-/m0/s1. The molecule has 0 aromatic carbocycles. The van der Waals surface area contributed by atoms with E-state index in [-0.39, 0.29) is 12.5 Å². The molecule has 2 aliphatic rings. The molecule has 35 heavy (non-hydrogen) atoms. The Morgan fingerprint density at radius 2 is 2.06 bits per heavy atom. The molecule has 0 saturated carbocycles. The van der Waals surface area contributed by atoms with Crippen molar-refractivity contribution in [3.63, 3.8) is 0 Å². The minimum atomic E-state index is -1.000. The molecule has 1 atom stereocenters. The molecular formula is C25H25FN8O. The largest absolute Gasteiger partial charge is 0.383 e. The summed E-state index contributed by atoms with van der Waals surface area (Å²) in [6.45, 7) is 2.72. The molecule has 0 unspecified atom stereocenters. The van der Waals surface area contributed by atoms with Crippen molar-refractivity contribution in [2.24, 2.45) is 0 Å². The van der Waals surface area contributed by atoms with Crippen molar-refractivity contribution >= 4 is 34.1 Å². The fraction of sp³-hybridized carbons (Fsp3) is 0.320. The molecule has 10 heteroatoms. The number of carbonyl (C=O) groups is 1. The first-order valence-corrected chi connectivity index (χ1v) is 11.8. The van der Waals surface area contributed by atoms with E-state index >= 15 is 0 Å². The highest BCUT2D eigenvalue weighted by Gasteiger charge is 2.25. The average Bonchev–Trinajstić information content (AvgIpc) is 3.10. The molecule has 5 heterocycles. The lowest BCUT2D eigenvalue weighted by atomic mass is 9.88. The van der Waals surface area contributed by atoms with Crippen LogP contribution in [0.1, 0.15) is 41.5 Å². The Morgan fingerprint density at radius 3 is 2.94 bits per heavy atom. The van der Waals surface area contributed by atoms with Crippen molar-refractivity contribution in [1.82, 2.24) is 30.0 Å². The van der Waals surface area contributed by atoms with Crippen LogP contribution in [0.5, 0.6) is 0 Å². The summed E-state index contributed by atoms with van der Waals surface area (Å²) < 4.78 is 16.4. The van der Waals surface area contributed by atoms with Crippen LogP contribution in [0.15, 0.2) is 30.6 Å². The zero-order valence-electron chi connectivity index (χ0n) is 19.3. The topological polar surface area (TPSA) is 124 Å². The predicted molar refractivity (Wildman–Crippen MR) is 131 cm³/mol. The third-order valence-corrected chi connectivity index (χ3v) is 6.79. The molecule has 4 N–H and O–H groups in total. The van der Waals surface area contributed by atoms with E-state index in [0.29, 0.717) is 48.1 Å². The average molecular weight is 473 g/mol. The summed E-state index contributed by atoms with van der Waals surface area (Å²) in [6.07, 6.45) is 5.30. The zero-order chi connectivity index (χ0) is 24.1. The maximum Gasteiger partial charge on any atom is 0.241 e. The van der Waals surface area contributed by atoms with Crippen LogP contribution >= 0.6 is 0 Å². The zero-order valence-corrected chi connectivity index (χ0v) is 19.3. The second-order valence-corrected chi connectivity index (χ2v) is 9.10. The molecule has 0 fully saturated rings. The smallest absolute Gasteiger partial charge is 0.241 e. The molecular weight excluding hydrogens is 447 g/mol. The van der Waals surface area contributed by atoms with Gasteiger partial charge in [0.15, 0.2) is 5.82 Å². The quantitative estimate of drug-likeness (QED) is 0.417. The Hall–Kier alpha value is -4.08. The summed E-state index contributed by atoms with van der Waals surface area (Å²) >= 11 is 0. The number of nitrogens with two attached hydrogens (primary N) is 1. The molecule has 4 aromatic heterocycles. The first kappa shape index (κ1) is 21.5. The number of halogens is 1. The number of rotatable bonds is 3. The number of anilines is 3. The van der Waals surface area contributed by atoms with Crippen LogP contribution in [-0.2, 0) is 24.2 Å². The van der Waals surface area contributed by atoms with Gasteiger partial charge in [-0.2, -0.15) is 5.10 Å². The van der Waals surface area contributed by atoms with E-state index in [4.69, 9.17) is 5.73 Å². The van der Waals surface area contributed by atoms with Gasteiger partial charge >= 0.3 is 0 Å². The number of pyridine rings is 3. The third-order valence-electron chi connectivity index (χ3n) is 6.79. The van der Waals surface area contributed by atoms with Crippen molar-refractivity contribution in [3.8, 4) is 11.3 Å². The number of nitrogens with one attached hydrogen (secondary N) is 2. The van der Waals surface area contributed by atoms with E-state index in [9.17, 15) is 9.18 Å². The van der Waals surface area contributed by atoms with Crippen molar-refractivity contribution in [1.29, 1.82) is 0 Å². The number of aryl methyl sites for hydroxylation is 1. The van der Waals surface area contributed by atoms with Gasteiger partial charge in [0.05, 0.1) is 5.69 Å². The van der Waals surface area contributed by atoms with Gasteiger partial charge in [-0.15, -0.1) is 0 Å². The van der Waals surface area contributed by atoms with Gasteiger partial charge in [-0.3, -0.25) is 14.5 Å². The number of hydrogen-bond donors (Lipinski definition) is 3. The molecule has 1 amide bonds. The van der Waals surface area contributed by atoms with Gasteiger partial charge in [0.25, 0.3) is 0 Å². The summed E-state index contributed by atoms with van der Waals surface area (Å²) in [5.41, 5.74) is 11.1. The van der Waals surface area contributed by atoms with Crippen LogP contribution in [0.2, 0.25) is 0 Å². The highest BCUT2D eigenvalue weighted by atomic mass is 19.1. The van der Waals surface area contributed by atoms with Gasteiger partial charge in [0.2, 0.25) is 5.91 Å². The van der Waals surface area contributed by atoms with Gasteiger partial charge in [0, 0.05) is 59.3 Å². The van der Waals surface area contributed by atoms with Crippen molar-refractivity contribution in [2.75, 3.05) is 17.6 Å². The van der Waals surface area contributed by atoms with Crippen LogP contribution in [0.4, 0.5) is 21.8 Å². The van der Waals surface area contributed by atoms with Crippen LogP contribution in [0.25, 0.3) is 22.0 Å². The SMILES string of the molecule is Cc1c(-c2cc3cc(Nc4cc5n(n4)CC(=O)NCC5)ncc3c(N)n2)cnc2c1[C@@H](F)CCC2. The van der Waals surface area contributed by atoms with E-state index in [2.05, 4.69) is 30.7 Å². The highest BCUT2D eigenvalue weighted by molar-refractivity contribution is 5.95. The van der Waals surface area contributed by atoms with Crippen molar-refractivity contribution in [2.45, 2.75) is 45.3 Å². The molecule has 0 spiro atoms. The number of aromatic nitrogens is 5. The normalized spacial score (nSPS) is 17.4. The van der Waals surface area contributed by atoms with Gasteiger partial charge < -0.3 is 16.4 Å². The Labute approximate surface area is 201 Å². The maximum absolute atomic E-state index is 14.7. The Bertz CT molecular complexity index is 1480.